The summed E-state index contributed by atoms with van der Waals surface area (Å²) < 4.78 is 5.23. The Labute approximate surface area is 174 Å². The quantitative estimate of drug-likeness (QED) is 0.661. The second-order valence-electron chi connectivity index (χ2n) is 6.62. The molecule has 9 heteroatoms. The third kappa shape index (κ3) is 4.27. The minimum atomic E-state index is 0.502. The molecule has 1 aliphatic rings. The zero-order valence-corrected chi connectivity index (χ0v) is 16.8. The van der Waals surface area contributed by atoms with Gasteiger partial charge >= 0.3 is 0 Å². The summed E-state index contributed by atoms with van der Waals surface area (Å²) in [5.74, 6) is 2.74. The molecule has 0 unspecified atom stereocenters. The normalized spacial score (nSPS) is 14.0. The van der Waals surface area contributed by atoms with Crippen LogP contribution in [0.25, 0.3) is 0 Å². The number of piperazine rings is 1. The van der Waals surface area contributed by atoms with Crippen LogP contribution in [0.2, 0.25) is 5.02 Å². The van der Waals surface area contributed by atoms with E-state index in [1.165, 1.54) is 12.0 Å². The van der Waals surface area contributed by atoms with Gasteiger partial charge < -0.3 is 25.6 Å². The van der Waals surface area contributed by atoms with Crippen LogP contribution in [0.5, 0.6) is 5.75 Å². The number of halogens is 1. The lowest BCUT2D eigenvalue weighted by Gasteiger charge is -2.37. The zero-order chi connectivity index (χ0) is 20.2. The van der Waals surface area contributed by atoms with Crippen molar-refractivity contribution < 1.29 is 4.74 Å². The SMILES string of the molecule is COc1ccc(N2CCN(c3ncnc(Nc4ccc(Cl)cn4)c3N)CC2)cc1. The van der Waals surface area contributed by atoms with Gasteiger partial charge in [0.15, 0.2) is 11.6 Å². The number of hydrogen-bond donors (Lipinski definition) is 2. The van der Waals surface area contributed by atoms with Crippen LogP contribution in [0, 0.1) is 0 Å². The van der Waals surface area contributed by atoms with Crippen LogP contribution < -0.4 is 25.6 Å². The summed E-state index contributed by atoms with van der Waals surface area (Å²) in [5, 5.41) is 3.70. The van der Waals surface area contributed by atoms with Gasteiger partial charge in [-0.1, -0.05) is 11.6 Å². The van der Waals surface area contributed by atoms with Crippen LogP contribution in [0.15, 0.2) is 48.9 Å². The molecule has 0 amide bonds. The molecule has 3 N–H and O–H groups in total. The fourth-order valence-electron chi connectivity index (χ4n) is 3.28. The van der Waals surface area contributed by atoms with E-state index in [1.54, 1.807) is 25.4 Å². The van der Waals surface area contributed by atoms with E-state index in [2.05, 4.69) is 42.2 Å². The fourth-order valence-corrected chi connectivity index (χ4v) is 3.39. The molecule has 2 aromatic heterocycles. The maximum absolute atomic E-state index is 6.36. The third-order valence-corrected chi connectivity index (χ3v) is 5.08. The van der Waals surface area contributed by atoms with Crippen LogP contribution >= 0.6 is 11.6 Å². The molecule has 3 heterocycles. The first-order valence-electron chi connectivity index (χ1n) is 9.27. The summed E-state index contributed by atoms with van der Waals surface area (Å²) in [6, 6.07) is 11.6. The van der Waals surface area contributed by atoms with E-state index < -0.39 is 0 Å². The van der Waals surface area contributed by atoms with Crippen molar-refractivity contribution in [1.29, 1.82) is 0 Å². The Balaban J connectivity index is 1.44. The number of nitrogens with zero attached hydrogens (tertiary/aromatic N) is 5. The standard InChI is InChI=1S/C20H22ClN7O/c1-29-16-5-3-15(4-6-16)27-8-10-28(11-9-27)20-18(22)19(24-13-25-20)26-17-7-2-14(21)12-23-17/h2-7,12-13H,8-11,22H2,1H3,(H,23,24,25,26). The Morgan fingerprint density at radius 3 is 2.34 bits per heavy atom. The van der Waals surface area contributed by atoms with Gasteiger partial charge in [0.05, 0.1) is 12.1 Å². The summed E-state index contributed by atoms with van der Waals surface area (Å²) in [4.78, 5) is 17.4. The molecule has 1 saturated heterocycles. The molecule has 3 aromatic rings. The van der Waals surface area contributed by atoms with Crippen molar-refractivity contribution in [1.82, 2.24) is 15.0 Å². The summed E-state index contributed by atoms with van der Waals surface area (Å²) in [7, 11) is 1.67. The lowest BCUT2D eigenvalue weighted by Crippen LogP contribution is -2.47. The molecule has 0 bridgehead atoms. The van der Waals surface area contributed by atoms with Crippen LogP contribution in [-0.4, -0.2) is 48.2 Å². The largest absolute Gasteiger partial charge is 0.497 e. The minimum Gasteiger partial charge on any atom is -0.497 e. The number of hydrogen-bond acceptors (Lipinski definition) is 8. The molecular weight excluding hydrogens is 390 g/mol. The molecule has 29 heavy (non-hydrogen) atoms. The summed E-state index contributed by atoms with van der Waals surface area (Å²) in [6.45, 7) is 3.37. The summed E-state index contributed by atoms with van der Waals surface area (Å²) in [5.41, 5.74) is 8.04. The van der Waals surface area contributed by atoms with Gasteiger partial charge in [0.2, 0.25) is 0 Å². The average molecular weight is 412 g/mol. The molecule has 1 aromatic carbocycles. The number of nitrogens with two attached hydrogens (primary N) is 1. The number of nitrogens with one attached hydrogen (secondary N) is 1. The summed E-state index contributed by atoms with van der Waals surface area (Å²) >= 11 is 5.89. The van der Waals surface area contributed by atoms with Crippen LogP contribution in [0.4, 0.5) is 28.8 Å². The van der Waals surface area contributed by atoms with E-state index in [4.69, 9.17) is 22.1 Å². The average Bonchev–Trinajstić information content (AvgIpc) is 2.77. The number of benzene rings is 1. The molecule has 8 nitrogen and oxygen atoms in total. The maximum atomic E-state index is 6.36. The number of aromatic nitrogens is 3. The van der Waals surface area contributed by atoms with Gasteiger partial charge in [-0.25, -0.2) is 15.0 Å². The Hall–Kier alpha value is -3.26. The van der Waals surface area contributed by atoms with Crippen molar-refractivity contribution in [2.45, 2.75) is 0 Å². The van der Waals surface area contributed by atoms with E-state index in [1.807, 2.05) is 12.1 Å². The molecule has 0 spiro atoms. The number of nitrogen functional groups attached to an aromatic ring is 1. The number of methoxy groups -OCH3 is 1. The highest BCUT2D eigenvalue weighted by atomic mass is 35.5. The fraction of sp³-hybridized carbons (Fsp3) is 0.250. The second-order valence-corrected chi connectivity index (χ2v) is 7.05. The van der Waals surface area contributed by atoms with Gasteiger partial charge in [0.1, 0.15) is 23.6 Å². The van der Waals surface area contributed by atoms with E-state index in [9.17, 15) is 0 Å². The first-order valence-corrected chi connectivity index (χ1v) is 9.65. The Morgan fingerprint density at radius 1 is 0.966 bits per heavy atom. The third-order valence-electron chi connectivity index (χ3n) is 4.85. The van der Waals surface area contributed by atoms with Crippen molar-refractivity contribution in [3.05, 3.63) is 53.9 Å². The van der Waals surface area contributed by atoms with Crippen molar-refractivity contribution in [3.63, 3.8) is 0 Å². The number of rotatable bonds is 5. The highest BCUT2D eigenvalue weighted by Gasteiger charge is 2.21. The monoisotopic (exact) mass is 411 g/mol. The molecule has 1 aliphatic heterocycles. The van der Waals surface area contributed by atoms with Crippen molar-refractivity contribution in [3.8, 4) is 5.75 Å². The number of pyridine rings is 1. The molecular formula is C20H22ClN7O. The van der Waals surface area contributed by atoms with Crippen molar-refractivity contribution >= 4 is 40.4 Å². The van der Waals surface area contributed by atoms with Crippen LogP contribution in [0.3, 0.4) is 0 Å². The van der Waals surface area contributed by atoms with E-state index >= 15 is 0 Å². The maximum Gasteiger partial charge on any atom is 0.160 e. The van der Waals surface area contributed by atoms with Gasteiger partial charge in [-0.15, -0.1) is 0 Å². The van der Waals surface area contributed by atoms with Gasteiger partial charge in [0, 0.05) is 38.1 Å². The number of ether oxygens (including phenoxy) is 1. The minimum absolute atomic E-state index is 0.502. The summed E-state index contributed by atoms with van der Waals surface area (Å²) in [6.07, 6.45) is 3.08. The van der Waals surface area contributed by atoms with Crippen LogP contribution in [-0.2, 0) is 0 Å². The first kappa shape index (κ1) is 19.1. The lowest BCUT2D eigenvalue weighted by atomic mass is 10.2. The Morgan fingerprint density at radius 2 is 1.69 bits per heavy atom. The molecule has 1 fully saturated rings. The lowest BCUT2D eigenvalue weighted by molar-refractivity contribution is 0.415. The predicted molar refractivity (Wildman–Crippen MR) is 116 cm³/mol. The first-order chi connectivity index (χ1) is 14.1. The van der Waals surface area contributed by atoms with Gasteiger partial charge in [-0.3, -0.25) is 0 Å². The van der Waals surface area contributed by atoms with E-state index in [-0.39, 0.29) is 0 Å². The smallest absolute Gasteiger partial charge is 0.160 e. The topological polar surface area (TPSA) is 92.4 Å². The van der Waals surface area contributed by atoms with Gasteiger partial charge in [0.25, 0.3) is 0 Å². The predicted octanol–water partition coefficient (Wildman–Crippen LogP) is 3.19. The molecule has 0 aliphatic carbocycles. The molecule has 0 atom stereocenters. The van der Waals surface area contributed by atoms with Crippen molar-refractivity contribution in [2.75, 3.05) is 54.1 Å². The molecule has 0 saturated carbocycles. The number of anilines is 5. The highest BCUT2D eigenvalue weighted by Crippen LogP contribution is 2.29. The van der Waals surface area contributed by atoms with E-state index in [0.717, 1.165) is 37.7 Å². The van der Waals surface area contributed by atoms with E-state index in [0.29, 0.717) is 22.3 Å². The van der Waals surface area contributed by atoms with Crippen LogP contribution in [0.1, 0.15) is 0 Å². The second kappa shape index (κ2) is 8.40. The molecule has 150 valence electrons. The highest BCUT2D eigenvalue weighted by molar-refractivity contribution is 6.30. The Bertz CT molecular complexity index is 958. The van der Waals surface area contributed by atoms with Gasteiger partial charge in [-0.05, 0) is 36.4 Å². The Kier molecular flexibility index (Phi) is 5.53. The molecule has 0 radical (unpaired) electrons. The zero-order valence-electron chi connectivity index (χ0n) is 16.0. The molecule has 4 rings (SSSR count). The van der Waals surface area contributed by atoms with Crippen molar-refractivity contribution in [2.24, 2.45) is 0 Å². The van der Waals surface area contributed by atoms with Gasteiger partial charge in [-0.2, -0.15) is 0 Å².